The first kappa shape index (κ1) is 13.7. The van der Waals surface area contributed by atoms with E-state index in [-0.39, 0.29) is 16.3 Å². The molecule has 2 aromatic carbocycles. The average Bonchev–Trinajstić information content (AvgIpc) is 2.35. The number of carbonyl (C=O) groups is 1. The normalized spacial score (nSPS) is 10.3. The van der Waals surface area contributed by atoms with Gasteiger partial charge in [-0.2, -0.15) is 0 Å². The Kier molecular flexibility index (Phi) is 3.98. The van der Waals surface area contributed by atoms with Crippen molar-refractivity contribution >= 4 is 34.8 Å². The van der Waals surface area contributed by atoms with Crippen LogP contribution in [0.5, 0.6) is 5.75 Å². The lowest BCUT2D eigenvalue weighted by Gasteiger charge is -2.09. The molecule has 0 unspecified atom stereocenters. The maximum Gasteiger partial charge on any atom is 0.257 e. The average molecular weight is 296 g/mol. The van der Waals surface area contributed by atoms with Gasteiger partial charge in [0.05, 0.1) is 21.3 Å². The van der Waals surface area contributed by atoms with Crippen LogP contribution in [-0.2, 0) is 0 Å². The molecule has 0 aromatic heterocycles. The second kappa shape index (κ2) is 5.51. The van der Waals surface area contributed by atoms with Gasteiger partial charge in [-0.1, -0.05) is 29.3 Å². The van der Waals surface area contributed by atoms with Crippen molar-refractivity contribution in [3.8, 4) is 5.75 Å². The SMILES string of the molecule is Cc1ccc(NC(=O)c2cc(O)ccc2Cl)c(Cl)c1. The van der Waals surface area contributed by atoms with Crippen LogP contribution in [0.4, 0.5) is 5.69 Å². The van der Waals surface area contributed by atoms with Gasteiger partial charge in [0.15, 0.2) is 0 Å². The number of halogens is 2. The van der Waals surface area contributed by atoms with Crippen LogP contribution in [0.15, 0.2) is 36.4 Å². The van der Waals surface area contributed by atoms with Crippen molar-refractivity contribution in [2.24, 2.45) is 0 Å². The summed E-state index contributed by atoms with van der Waals surface area (Å²) in [4.78, 5) is 12.1. The van der Waals surface area contributed by atoms with Crippen molar-refractivity contribution in [3.63, 3.8) is 0 Å². The van der Waals surface area contributed by atoms with Crippen LogP contribution in [0, 0.1) is 6.92 Å². The zero-order valence-corrected chi connectivity index (χ0v) is 11.6. The topological polar surface area (TPSA) is 49.3 Å². The van der Waals surface area contributed by atoms with Crippen molar-refractivity contribution in [3.05, 3.63) is 57.6 Å². The Balaban J connectivity index is 2.28. The Labute approximate surface area is 120 Å². The molecular formula is C14H11Cl2NO2. The monoisotopic (exact) mass is 295 g/mol. The van der Waals surface area contributed by atoms with Gasteiger partial charge in [-0.05, 0) is 42.8 Å². The lowest BCUT2D eigenvalue weighted by Crippen LogP contribution is -2.12. The molecule has 2 rings (SSSR count). The van der Waals surface area contributed by atoms with E-state index in [0.717, 1.165) is 5.56 Å². The van der Waals surface area contributed by atoms with E-state index in [2.05, 4.69) is 5.32 Å². The first-order chi connectivity index (χ1) is 8.97. The highest BCUT2D eigenvalue weighted by Crippen LogP contribution is 2.26. The van der Waals surface area contributed by atoms with Gasteiger partial charge in [0, 0.05) is 0 Å². The van der Waals surface area contributed by atoms with Gasteiger partial charge in [0.25, 0.3) is 5.91 Å². The Morgan fingerprint density at radius 1 is 1.11 bits per heavy atom. The molecule has 0 fully saturated rings. The van der Waals surface area contributed by atoms with Crippen LogP contribution < -0.4 is 5.32 Å². The standard InChI is InChI=1S/C14H11Cl2NO2/c1-8-2-5-13(12(16)6-8)17-14(19)10-7-9(18)3-4-11(10)15/h2-7,18H,1H3,(H,17,19). The number of anilines is 1. The fourth-order valence-electron chi connectivity index (χ4n) is 1.60. The van der Waals surface area contributed by atoms with Gasteiger partial charge in [0.1, 0.15) is 5.75 Å². The third-order valence-electron chi connectivity index (χ3n) is 2.57. The molecule has 0 aliphatic rings. The predicted molar refractivity (Wildman–Crippen MR) is 77.3 cm³/mol. The summed E-state index contributed by atoms with van der Waals surface area (Å²) in [5, 5.41) is 12.7. The van der Waals surface area contributed by atoms with Crippen LogP contribution in [0.2, 0.25) is 10.0 Å². The maximum atomic E-state index is 12.1. The minimum absolute atomic E-state index is 0.0236. The number of aryl methyl sites for hydroxylation is 1. The van der Waals surface area contributed by atoms with E-state index in [0.29, 0.717) is 10.7 Å². The van der Waals surface area contributed by atoms with Crippen molar-refractivity contribution in [2.45, 2.75) is 6.92 Å². The number of hydrogen-bond donors (Lipinski definition) is 2. The van der Waals surface area contributed by atoms with Gasteiger partial charge in [-0.25, -0.2) is 0 Å². The molecule has 2 N–H and O–H groups in total. The number of hydrogen-bond acceptors (Lipinski definition) is 2. The third kappa shape index (κ3) is 3.19. The Morgan fingerprint density at radius 3 is 2.53 bits per heavy atom. The second-order valence-corrected chi connectivity index (χ2v) is 4.92. The van der Waals surface area contributed by atoms with Gasteiger partial charge >= 0.3 is 0 Å². The minimum Gasteiger partial charge on any atom is -0.508 e. The highest BCUT2D eigenvalue weighted by Gasteiger charge is 2.13. The highest BCUT2D eigenvalue weighted by atomic mass is 35.5. The number of phenols is 1. The summed E-state index contributed by atoms with van der Waals surface area (Å²) in [6.07, 6.45) is 0. The fraction of sp³-hybridized carbons (Fsp3) is 0.0714. The number of nitrogens with one attached hydrogen (secondary N) is 1. The number of amides is 1. The lowest BCUT2D eigenvalue weighted by atomic mass is 10.2. The molecule has 0 aliphatic carbocycles. The number of rotatable bonds is 2. The maximum absolute atomic E-state index is 12.1. The van der Waals surface area contributed by atoms with E-state index in [9.17, 15) is 9.90 Å². The number of aromatic hydroxyl groups is 1. The van der Waals surface area contributed by atoms with E-state index in [1.165, 1.54) is 18.2 Å². The Morgan fingerprint density at radius 2 is 1.84 bits per heavy atom. The van der Waals surface area contributed by atoms with Gasteiger partial charge < -0.3 is 10.4 Å². The van der Waals surface area contributed by atoms with Crippen molar-refractivity contribution < 1.29 is 9.90 Å². The molecule has 0 atom stereocenters. The van der Waals surface area contributed by atoms with E-state index in [4.69, 9.17) is 23.2 Å². The molecule has 0 saturated carbocycles. The van der Waals surface area contributed by atoms with Gasteiger partial charge in [0.2, 0.25) is 0 Å². The quantitative estimate of drug-likeness (QED) is 0.870. The molecule has 19 heavy (non-hydrogen) atoms. The first-order valence-corrected chi connectivity index (χ1v) is 6.29. The largest absolute Gasteiger partial charge is 0.508 e. The van der Waals surface area contributed by atoms with Crippen LogP contribution in [0.25, 0.3) is 0 Å². The van der Waals surface area contributed by atoms with Crippen LogP contribution in [0.1, 0.15) is 15.9 Å². The summed E-state index contributed by atoms with van der Waals surface area (Å²) in [6.45, 7) is 1.91. The molecule has 2 aromatic rings. The Bertz CT molecular complexity index is 641. The van der Waals surface area contributed by atoms with Crippen molar-refractivity contribution in [2.75, 3.05) is 5.32 Å². The smallest absolute Gasteiger partial charge is 0.257 e. The molecule has 0 bridgehead atoms. The molecule has 5 heteroatoms. The number of carbonyl (C=O) groups excluding carboxylic acids is 1. The summed E-state index contributed by atoms with van der Waals surface area (Å²) in [5.74, 6) is -0.448. The zero-order chi connectivity index (χ0) is 14.0. The van der Waals surface area contributed by atoms with E-state index in [1.54, 1.807) is 12.1 Å². The zero-order valence-electron chi connectivity index (χ0n) is 10.1. The van der Waals surface area contributed by atoms with Crippen molar-refractivity contribution in [1.29, 1.82) is 0 Å². The minimum atomic E-state index is -0.424. The van der Waals surface area contributed by atoms with Crippen LogP contribution in [0.3, 0.4) is 0 Å². The van der Waals surface area contributed by atoms with Gasteiger partial charge in [-0.15, -0.1) is 0 Å². The molecule has 1 amide bonds. The molecule has 0 spiro atoms. The van der Waals surface area contributed by atoms with E-state index in [1.807, 2.05) is 13.0 Å². The molecule has 0 radical (unpaired) electrons. The lowest BCUT2D eigenvalue weighted by molar-refractivity contribution is 0.102. The van der Waals surface area contributed by atoms with E-state index >= 15 is 0 Å². The summed E-state index contributed by atoms with van der Waals surface area (Å²) >= 11 is 12.0. The van der Waals surface area contributed by atoms with Gasteiger partial charge in [-0.3, -0.25) is 4.79 Å². The fourth-order valence-corrected chi connectivity index (χ4v) is 2.08. The van der Waals surface area contributed by atoms with E-state index < -0.39 is 5.91 Å². The molecule has 0 heterocycles. The molecule has 0 saturated heterocycles. The number of phenolic OH excluding ortho intramolecular Hbond substituents is 1. The third-order valence-corrected chi connectivity index (χ3v) is 3.21. The highest BCUT2D eigenvalue weighted by molar-refractivity contribution is 6.36. The van der Waals surface area contributed by atoms with Crippen LogP contribution >= 0.6 is 23.2 Å². The second-order valence-electron chi connectivity index (χ2n) is 4.10. The Hall–Kier alpha value is -1.71. The summed E-state index contributed by atoms with van der Waals surface area (Å²) in [5.41, 5.74) is 1.69. The number of benzene rings is 2. The predicted octanol–water partition coefficient (Wildman–Crippen LogP) is 4.26. The van der Waals surface area contributed by atoms with Crippen LogP contribution in [-0.4, -0.2) is 11.0 Å². The molecule has 3 nitrogen and oxygen atoms in total. The molecular weight excluding hydrogens is 285 g/mol. The molecule has 98 valence electrons. The van der Waals surface area contributed by atoms with Crippen molar-refractivity contribution in [1.82, 2.24) is 0 Å². The molecule has 0 aliphatic heterocycles. The summed E-state index contributed by atoms with van der Waals surface area (Å²) in [6, 6.07) is 9.49. The first-order valence-electron chi connectivity index (χ1n) is 5.53. The summed E-state index contributed by atoms with van der Waals surface area (Å²) in [7, 11) is 0. The summed E-state index contributed by atoms with van der Waals surface area (Å²) < 4.78 is 0.